The Kier molecular flexibility index (Phi) is 3.82. The molecule has 3 nitrogen and oxygen atoms in total. The zero-order valence-corrected chi connectivity index (χ0v) is 11.0. The number of nitrogens with two attached hydrogens (primary N) is 1. The van der Waals surface area contributed by atoms with Gasteiger partial charge in [0.2, 0.25) is 0 Å². The highest BCUT2D eigenvalue weighted by Crippen LogP contribution is 2.20. The van der Waals surface area contributed by atoms with Gasteiger partial charge in [-0.05, 0) is 37.4 Å². The maximum atomic E-state index is 12.5. The van der Waals surface area contributed by atoms with E-state index in [0.29, 0.717) is 13.1 Å². The molecule has 0 aliphatic heterocycles. The summed E-state index contributed by atoms with van der Waals surface area (Å²) in [4.78, 5) is 12.5. The second-order valence-corrected chi connectivity index (χ2v) is 4.55. The van der Waals surface area contributed by atoms with Crippen LogP contribution in [0.2, 0.25) is 0 Å². The second kappa shape index (κ2) is 5.36. The molecule has 0 saturated carbocycles. The fourth-order valence-electron chi connectivity index (χ4n) is 2.47. The smallest absolute Gasteiger partial charge is 0.254 e. The van der Waals surface area contributed by atoms with Gasteiger partial charge in [-0.3, -0.25) is 4.79 Å². The summed E-state index contributed by atoms with van der Waals surface area (Å²) in [7, 11) is 0. The van der Waals surface area contributed by atoms with Crippen LogP contribution in [0.4, 0.5) is 0 Å². The average molecular weight is 244 g/mol. The summed E-state index contributed by atoms with van der Waals surface area (Å²) < 4.78 is 1.84. The lowest BCUT2D eigenvalue weighted by atomic mass is 9.96. The molecule has 1 aromatic heterocycles. The number of hydrogen-bond donors (Lipinski definition) is 1. The van der Waals surface area contributed by atoms with E-state index in [4.69, 9.17) is 5.73 Å². The molecule has 0 bridgehead atoms. The van der Waals surface area contributed by atoms with Crippen molar-refractivity contribution in [3.8, 4) is 0 Å². The minimum absolute atomic E-state index is 0.105. The number of hydrogen-bond acceptors (Lipinski definition) is 2. The maximum Gasteiger partial charge on any atom is 0.254 e. The zero-order valence-electron chi connectivity index (χ0n) is 11.0. The van der Waals surface area contributed by atoms with Gasteiger partial charge in [0.25, 0.3) is 5.56 Å². The van der Waals surface area contributed by atoms with Crippen LogP contribution in [0.1, 0.15) is 31.7 Å². The SMILES string of the molecule is CCC(CN)c1cc2ccccc2n(CC)c1=O. The van der Waals surface area contributed by atoms with Crippen molar-refractivity contribution in [3.05, 3.63) is 46.2 Å². The van der Waals surface area contributed by atoms with Gasteiger partial charge in [-0.2, -0.15) is 0 Å². The number of benzene rings is 1. The molecule has 2 rings (SSSR count). The highest BCUT2D eigenvalue weighted by atomic mass is 16.1. The summed E-state index contributed by atoms with van der Waals surface area (Å²) >= 11 is 0. The molecule has 1 unspecified atom stereocenters. The highest BCUT2D eigenvalue weighted by Gasteiger charge is 2.15. The minimum atomic E-state index is 0.105. The number of aryl methyl sites for hydroxylation is 1. The van der Waals surface area contributed by atoms with Crippen LogP contribution >= 0.6 is 0 Å². The van der Waals surface area contributed by atoms with E-state index in [0.717, 1.165) is 22.9 Å². The quantitative estimate of drug-likeness (QED) is 0.898. The third-order valence-electron chi connectivity index (χ3n) is 3.56. The van der Waals surface area contributed by atoms with Gasteiger partial charge in [0.15, 0.2) is 0 Å². The van der Waals surface area contributed by atoms with Gasteiger partial charge in [-0.25, -0.2) is 0 Å². The van der Waals surface area contributed by atoms with E-state index in [-0.39, 0.29) is 11.5 Å². The molecule has 1 aromatic carbocycles. The van der Waals surface area contributed by atoms with Crippen molar-refractivity contribution in [2.45, 2.75) is 32.7 Å². The molecule has 0 amide bonds. The lowest BCUT2D eigenvalue weighted by molar-refractivity contribution is 0.647. The summed E-state index contributed by atoms with van der Waals surface area (Å²) in [6.45, 7) is 5.28. The summed E-state index contributed by atoms with van der Waals surface area (Å²) in [5, 5.41) is 1.11. The van der Waals surface area contributed by atoms with Gasteiger partial charge in [-0.1, -0.05) is 25.1 Å². The second-order valence-electron chi connectivity index (χ2n) is 4.55. The van der Waals surface area contributed by atoms with Crippen LogP contribution in [0.5, 0.6) is 0 Å². The maximum absolute atomic E-state index is 12.5. The molecule has 2 aromatic rings. The van der Waals surface area contributed by atoms with E-state index in [2.05, 4.69) is 6.92 Å². The fraction of sp³-hybridized carbons (Fsp3) is 0.400. The predicted octanol–water partition coefficient (Wildman–Crippen LogP) is 2.47. The van der Waals surface area contributed by atoms with E-state index in [9.17, 15) is 4.79 Å². The number of aromatic nitrogens is 1. The molecule has 96 valence electrons. The normalized spacial score (nSPS) is 12.8. The van der Waals surface area contributed by atoms with Crippen LogP contribution < -0.4 is 11.3 Å². The summed E-state index contributed by atoms with van der Waals surface area (Å²) in [6.07, 6.45) is 0.897. The highest BCUT2D eigenvalue weighted by molar-refractivity contribution is 5.79. The number of nitrogens with zero attached hydrogens (tertiary/aromatic N) is 1. The molecule has 0 saturated heterocycles. The Balaban J connectivity index is 2.76. The summed E-state index contributed by atoms with van der Waals surface area (Å²) in [5.41, 5.74) is 7.73. The molecule has 3 heteroatoms. The molecule has 2 N–H and O–H groups in total. The van der Waals surface area contributed by atoms with Crippen LogP contribution in [0.25, 0.3) is 10.9 Å². The topological polar surface area (TPSA) is 48.0 Å². The van der Waals surface area contributed by atoms with Gasteiger partial charge < -0.3 is 10.3 Å². The Morgan fingerprint density at radius 2 is 2.00 bits per heavy atom. The molecule has 0 aliphatic rings. The molecule has 0 spiro atoms. The van der Waals surface area contributed by atoms with Crippen molar-refractivity contribution in [1.29, 1.82) is 0 Å². The Morgan fingerprint density at radius 1 is 1.28 bits per heavy atom. The Hall–Kier alpha value is -1.61. The molecule has 1 atom stereocenters. The lowest BCUT2D eigenvalue weighted by Gasteiger charge is -2.16. The van der Waals surface area contributed by atoms with Crippen molar-refractivity contribution in [1.82, 2.24) is 4.57 Å². The molecule has 0 aliphatic carbocycles. The molecular formula is C15H20N2O. The summed E-state index contributed by atoms with van der Waals surface area (Å²) in [6, 6.07) is 10.0. The third kappa shape index (κ3) is 2.06. The van der Waals surface area contributed by atoms with Crippen LogP contribution in [0.3, 0.4) is 0 Å². The van der Waals surface area contributed by atoms with Gasteiger partial charge >= 0.3 is 0 Å². The molecule has 0 fully saturated rings. The minimum Gasteiger partial charge on any atom is -0.330 e. The Bertz CT molecular complexity index is 597. The van der Waals surface area contributed by atoms with E-state index in [1.165, 1.54) is 0 Å². The van der Waals surface area contributed by atoms with E-state index >= 15 is 0 Å². The van der Waals surface area contributed by atoms with Crippen molar-refractivity contribution in [2.24, 2.45) is 5.73 Å². The van der Waals surface area contributed by atoms with E-state index < -0.39 is 0 Å². The Morgan fingerprint density at radius 3 is 2.61 bits per heavy atom. The first-order chi connectivity index (χ1) is 8.72. The molecule has 18 heavy (non-hydrogen) atoms. The first-order valence-corrected chi connectivity index (χ1v) is 6.55. The monoisotopic (exact) mass is 244 g/mol. The molecule has 1 heterocycles. The van der Waals surface area contributed by atoms with Crippen molar-refractivity contribution >= 4 is 10.9 Å². The van der Waals surface area contributed by atoms with Gasteiger partial charge in [-0.15, -0.1) is 0 Å². The van der Waals surface area contributed by atoms with Crippen LogP contribution in [-0.4, -0.2) is 11.1 Å². The number of fused-ring (bicyclic) bond motifs is 1. The molecule has 0 radical (unpaired) electrons. The van der Waals surface area contributed by atoms with Crippen molar-refractivity contribution < 1.29 is 0 Å². The first-order valence-electron chi connectivity index (χ1n) is 6.55. The van der Waals surface area contributed by atoms with Crippen molar-refractivity contribution in [2.75, 3.05) is 6.54 Å². The number of pyridine rings is 1. The van der Waals surface area contributed by atoms with E-state index in [1.54, 1.807) is 0 Å². The molecular weight excluding hydrogens is 224 g/mol. The standard InChI is InChI=1S/C15H20N2O/c1-3-11(10-16)13-9-12-7-5-6-8-14(12)17(4-2)15(13)18/h5-9,11H,3-4,10,16H2,1-2H3. The van der Waals surface area contributed by atoms with Crippen LogP contribution in [0, 0.1) is 0 Å². The van der Waals surface area contributed by atoms with Gasteiger partial charge in [0.1, 0.15) is 0 Å². The Labute approximate surface area is 107 Å². The number of rotatable bonds is 4. The number of para-hydroxylation sites is 1. The average Bonchev–Trinajstić information content (AvgIpc) is 2.41. The van der Waals surface area contributed by atoms with Crippen LogP contribution in [0.15, 0.2) is 35.1 Å². The largest absolute Gasteiger partial charge is 0.330 e. The van der Waals surface area contributed by atoms with Crippen molar-refractivity contribution in [3.63, 3.8) is 0 Å². The third-order valence-corrected chi connectivity index (χ3v) is 3.56. The van der Waals surface area contributed by atoms with Crippen LogP contribution in [-0.2, 0) is 6.54 Å². The van der Waals surface area contributed by atoms with E-state index in [1.807, 2.05) is 41.8 Å². The fourth-order valence-corrected chi connectivity index (χ4v) is 2.47. The summed E-state index contributed by atoms with van der Waals surface area (Å²) in [5.74, 6) is 0.153. The first kappa shape index (κ1) is 12.8. The lowest BCUT2D eigenvalue weighted by Crippen LogP contribution is -2.27. The van der Waals surface area contributed by atoms with Gasteiger partial charge in [0.05, 0.1) is 5.52 Å². The zero-order chi connectivity index (χ0) is 13.1. The predicted molar refractivity (Wildman–Crippen MR) is 76.0 cm³/mol. The van der Waals surface area contributed by atoms with Gasteiger partial charge in [0, 0.05) is 18.0 Å².